The van der Waals surface area contributed by atoms with Gasteiger partial charge < -0.3 is 32.4 Å². The van der Waals surface area contributed by atoms with Crippen molar-refractivity contribution < 1.29 is 22.6 Å². The quantitative estimate of drug-likeness (QED) is 0.534. The van der Waals surface area contributed by atoms with Gasteiger partial charge in [0.05, 0.1) is 33.3 Å². The molecule has 0 amide bonds. The van der Waals surface area contributed by atoms with Crippen LogP contribution < -0.4 is 32.4 Å². The zero-order chi connectivity index (χ0) is 18.1. The van der Waals surface area contributed by atoms with Gasteiger partial charge in [0, 0.05) is 12.1 Å². The number of fused-ring (bicyclic) bond motifs is 1. The number of nitrogens with two attached hydrogens (primary N) is 4. The summed E-state index contributed by atoms with van der Waals surface area (Å²) < 4.78 is 46.7. The first-order valence-corrected chi connectivity index (χ1v) is 6.83. The predicted molar refractivity (Wildman–Crippen MR) is 86.7 cm³/mol. The van der Waals surface area contributed by atoms with Crippen molar-refractivity contribution in [1.29, 1.82) is 0 Å². The van der Waals surface area contributed by atoms with Crippen LogP contribution in [-0.4, -0.2) is 6.79 Å². The summed E-state index contributed by atoms with van der Waals surface area (Å²) in [6.45, 7) is 0.248. The molecule has 130 valence electrons. The minimum Gasteiger partial charge on any atom is -0.454 e. The summed E-state index contributed by atoms with van der Waals surface area (Å²) in [6.07, 6.45) is -4.50. The Morgan fingerprint density at radius 2 is 1.21 bits per heavy atom. The highest BCUT2D eigenvalue weighted by atomic mass is 35.5. The van der Waals surface area contributed by atoms with Crippen molar-refractivity contribution in [2.24, 2.45) is 0 Å². The zero-order valence-corrected chi connectivity index (χ0v) is 12.9. The van der Waals surface area contributed by atoms with Crippen LogP contribution in [0.3, 0.4) is 0 Å². The van der Waals surface area contributed by atoms with Crippen LogP contribution in [0.5, 0.6) is 11.5 Å². The number of benzene rings is 2. The molecule has 24 heavy (non-hydrogen) atoms. The number of alkyl halides is 3. The number of halogens is 4. The molecule has 2 aromatic rings. The predicted octanol–water partition coefficient (Wildman–Crippen LogP) is 3.10. The van der Waals surface area contributed by atoms with E-state index in [-0.39, 0.29) is 18.2 Å². The minimum absolute atomic E-state index is 0.0398. The van der Waals surface area contributed by atoms with Crippen molar-refractivity contribution in [3.8, 4) is 11.5 Å². The van der Waals surface area contributed by atoms with Gasteiger partial charge >= 0.3 is 6.18 Å². The van der Waals surface area contributed by atoms with E-state index < -0.39 is 16.8 Å². The molecule has 3 rings (SSSR count). The van der Waals surface area contributed by atoms with E-state index in [9.17, 15) is 13.2 Å². The van der Waals surface area contributed by atoms with E-state index in [0.29, 0.717) is 22.9 Å². The first-order chi connectivity index (χ1) is 11.1. The van der Waals surface area contributed by atoms with Crippen LogP contribution in [0.2, 0.25) is 5.02 Å². The van der Waals surface area contributed by atoms with Gasteiger partial charge in [-0.25, -0.2) is 0 Å². The molecule has 0 bridgehead atoms. The molecule has 8 N–H and O–H groups in total. The average Bonchev–Trinajstić information content (AvgIpc) is 2.90. The lowest BCUT2D eigenvalue weighted by atomic mass is 10.1. The third-order valence-corrected chi connectivity index (χ3v) is 3.37. The van der Waals surface area contributed by atoms with E-state index in [2.05, 4.69) is 0 Å². The molecule has 0 unspecified atom stereocenters. The Hall–Kier alpha value is -2.68. The Morgan fingerprint density at radius 3 is 1.67 bits per heavy atom. The number of nitrogen functional groups attached to an aromatic ring is 4. The number of rotatable bonds is 0. The van der Waals surface area contributed by atoms with Crippen molar-refractivity contribution >= 4 is 34.4 Å². The van der Waals surface area contributed by atoms with Crippen molar-refractivity contribution in [3.05, 3.63) is 34.9 Å². The SMILES string of the molecule is Nc1cc(Cl)c(C(F)(F)F)cc1N.Nc1cc2c(cc1N)OCO2. The summed E-state index contributed by atoms with van der Waals surface area (Å²) in [5.74, 6) is 1.33. The maximum atomic E-state index is 12.2. The molecule has 0 aliphatic carbocycles. The summed E-state index contributed by atoms with van der Waals surface area (Å²) >= 11 is 5.33. The molecule has 0 aromatic heterocycles. The summed E-state index contributed by atoms with van der Waals surface area (Å²) in [4.78, 5) is 0. The molecule has 2 aromatic carbocycles. The topological polar surface area (TPSA) is 123 Å². The first-order valence-electron chi connectivity index (χ1n) is 6.46. The van der Waals surface area contributed by atoms with Crippen LogP contribution in [0.15, 0.2) is 24.3 Å². The molecule has 0 saturated heterocycles. The van der Waals surface area contributed by atoms with Gasteiger partial charge in [-0.15, -0.1) is 0 Å². The standard InChI is InChI=1S/C7H6ClF3N2.C7H8N2O2/c8-4-2-6(13)5(12)1-3(4)7(9,10)11;8-4-1-6-7(2-5(4)9)11-3-10-6/h1-2H,12-13H2;1-2H,3,8-9H2. The maximum Gasteiger partial charge on any atom is 0.417 e. The van der Waals surface area contributed by atoms with Crippen LogP contribution in [0.1, 0.15) is 5.56 Å². The summed E-state index contributed by atoms with van der Waals surface area (Å²) in [7, 11) is 0. The Kier molecular flexibility index (Phi) is 4.74. The van der Waals surface area contributed by atoms with Crippen LogP contribution in [0.25, 0.3) is 0 Å². The van der Waals surface area contributed by atoms with E-state index in [1.54, 1.807) is 12.1 Å². The van der Waals surface area contributed by atoms with E-state index in [1.807, 2.05) is 0 Å². The highest BCUT2D eigenvalue weighted by molar-refractivity contribution is 6.31. The Bertz CT molecular complexity index is 740. The van der Waals surface area contributed by atoms with Crippen molar-refractivity contribution in [2.75, 3.05) is 29.7 Å². The van der Waals surface area contributed by atoms with E-state index >= 15 is 0 Å². The number of ether oxygens (including phenoxy) is 2. The molecule has 0 atom stereocenters. The van der Waals surface area contributed by atoms with Gasteiger partial charge in [-0.3, -0.25) is 0 Å². The van der Waals surface area contributed by atoms with Crippen molar-refractivity contribution in [2.45, 2.75) is 6.18 Å². The lowest BCUT2D eigenvalue weighted by Crippen LogP contribution is -2.07. The molecule has 0 fully saturated rings. The van der Waals surface area contributed by atoms with E-state index in [1.165, 1.54) is 0 Å². The first kappa shape index (κ1) is 17.7. The molecular weight excluding hydrogens is 349 g/mol. The molecule has 0 spiro atoms. The van der Waals surface area contributed by atoms with Gasteiger partial charge in [0.15, 0.2) is 11.5 Å². The lowest BCUT2D eigenvalue weighted by molar-refractivity contribution is -0.137. The smallest absolute Gasteiger partial charge is 0.417 e. The second-order valence-electron chi connectivity index (χ2n) is 4.79. The fraction of sp³-hybridized carbons (Fsp3) is 0.143. The van der Waals surface area contributed by atoms with Gasteiger partial charge in [-0.2, -0.15) is 13.2 Å². The second-order valence-corrected chi connectivity index (χ2v) is 5.20. The lowest BCUT2D eigenvalue weighted by Gasteiger charge is -2.10. The van der Waals surface area contributed by atoms with E-state index in [4.69, 9.17) is 44.0 Å². The Labute approximate surface area is 140 Å². The summed E-state index contributed by atoms with van der Waals surface area (Å²) in [5.41, 5.74) is 21.5. The summed E-state index contributed by atoms with van der Waals surface area (Å²) in [5, 5.41) is -0.445. The molecular formula is C14H14ClF3N4O2. The maximum absolute atomic E-state index is 12.2. The third kappa shape index (κ3) is 3.80. The highest BCUT2D eigenvalue weighted by Crippen LogP contribution is 2.38. The highest BCUT2D eigenvalue weighted by Gasteiger charge is 2.33. The third-order valence-electron chi connectivity index (χ3n) is 3.06. The van der Waals surface area contributed by atoms with Crippen LogP contribution in [0.4, 0.5) is 35.9 Å². The summed E-state index contributed by atoms with van der Waals surface area (Å²) in [6, 6.07) is 5.03. The van der Waals surface area contributed by atoms with Crippen LogP contribution in [-0.2, 0) is 6.18 Å². The molecule has 6 nitrogen and oxygen atoms in total. The number of hydrogen-bond donors (Lipinski definition) is 4. The molecule has 1 aliphatic heterocycles. The fourth-order valence-electron chi connectivity index (χ4n) is 1.80. The van der Waals surface area contributed by atoms with Crippen LogP contribution >= 0.6 is 11.6 Å². The normalized spacial score (nSPS) is 12.5. The van der Waals surface area contributed by atoms with Gasteiger partial charge in [-0.1, -0.05) is 11.6 Å². The second kappa shape index (κ2) is 6.44. The zero-order valence-electron chi connectivity index (χ0n) is 12.2. The number of anilines is 4. The Morgan fingerprint density at radius 1 is 0.792 bits per heavy atom. The van der Waals surface area contributed by atoms with Crippen molar-refractivity contribution in [3.63, 3.8) is 0 Å². The van der Waals surface area contributed by atoms with Gasteiger partial charge in [0.1, 0.15) is 0 Å². The molecule has 1 aliphatic rings. The number of hydrogen-bond acceptors (Lipinski definition) is 6. The largest absolute Gasteiger partial charge is 0.454 e. The molecule has 1 heterocycles. The fourth-order valence-corrected chi connectivity index (χ4v) is 2.08. The van der Waals surface area contributed by atoms with Crippen molar-refractivity contribution in [1.82, 2.24) is 0 Å². The molecule has 10 heteroatoms. The van der Waals surface area contributed by atoms with Crippen LogP contribution in [0, 0.1) is 0 Å². The van der Waals surface area contributed by atoms with Gasteiger partial charge in [0.25, 0.3) is 0 Å². The minimum atomic E-state index is -4.50. The average molecular weight is 363 g/mol. The Balaban J connectivity index is 0.000000175. The monoisotopic (exact) mass is 362 g/mol. The molecule has 0 radical (unpaired) electrons. The van der Waals surface area contributed by atoms with Gasteiger partial charge in [0.2, 0.25) is 6.79 Å². The van der Waals surface area contributed by atoms with Gasteiger partial charge in [-0.05, 0) is 12.1 Å². The molecule has 0 saturated carbocycles. The van der Waals surface area contributed by atoms with E-state index in [0.717, 1.165) is 12.1 Å².